The molecule has 0 fully saturated rings. The van der Waals surface area contributed by atoms with Gasteiger partial charge in [-0.25, -0.2) is 0 Å². The van der Waals surface area contributed by atoms with Gasteiger partial charge in [-0.15, -0.1) is 0 Å². The monoisotopic (exact) mass is 237 g/mol. The first-order valence-electron chi connectivity index (χ1n) is 5.65. The molecule has 94 valence electrons. The third-order valence-electron chi connectivity index (χ3n) is 2.73. The van der Waals surface area contributed by atoms with Crippen molar-refractivity contribution in [2.45, 2.75) is 20.3 Å². The molecule has 0 heterocycles. The SMILES string of the molecule is CC[C@@H](C)C(=O)Nc1ccc(OC)cc1OC. The van der Waals surface area contributed by atoms with Crippen molar-refractivity contribution in [1.29, 1.82) is 0 Å². The summed E-state index contributed by atoms with van der Waals surface area (Å²) in [5, 5.41) is 2.84. The fraction of sp³-hybridized carbons (Fsp3) is 0.462. The summed E-state index contributed by atoms with van der Waals surface area (Å²) in [4.78, 5) is 11.8. The molecule has 0 unspecified atom stereocenters. The highest BCUT2D eigenvalue weighted by atomic mass is 16.5. The van der Waals surface area contributed by atoms with Gasteiger partial charge in [0.05, 0.1) is 19.9 Å². The minimum Gasteiger partial charge on any atom is -0.497 e. The Labute approximate surface area is 102 Å². The topological polar surface area (TPSA) is 47.6 Å². The van der Waals surface area contributed by atoms with Crippen LogP contribution in [0.15, 0.2) is 18.2 Å². The second-order valence-electron chi connectivity index (χ2n) is 3.86. The minimum atomic E-state index is -0.0122. The molecule has 0 bridgehead atoms. The van der Waals surface area contributed by atoms with Crippen LogP contribution in [-0.2, 0) is 4.79 Å². The van der Waals surface area contributed by atoms with Gasteiger partial charge >= 0.3 is 0 Å². The number of hydrogen-bond acceptors (Lipinski definition) is 3. The number of carbonyl (C=O) groups excluding carboxylic acids is 1. The third-order valence-corrected chi connectivity index (χ3v) is 2.73. The molecule has 1 amide bonds. The fourth-order valence-electron chi connectivity index (χ4n) is 1.34. The maximum Gasteiger partial charge on any atom is 0.227 e. The number of carbonyl (C=O) groups is 1. The summed E-state index contributed by atoms with van der Waals surface area (Å²) in [5.41, 5.74) is 0.665. The Bertz CT molecular complexity index is 390. The van der Waals surface area contributed by atoms with Crippen LogP contribution in [0.3, 0.4) is 0 Å². The van der Waals surface area contributed by atoms with Crippen molar-refractivity contribution in [1.82, 2.24) is 0 Å². The maximum absolute atomic E-state index is 11.8. The lowest BCUT2D eigenvalue weighted by atomic mass is 10.1. The number of methoxy groups -OCH3 is 2. The Morgan fingerprint density at radius 2 is 2.06 bits per heavy atom. The van der Waals surface area contributed by atoms with Crippen molar-refractivity contribution in [2.75, 3.05) is 19.5 Å². The van der Waals surface area contributed by atoms with Crippen LogP contribution in [0.25, 0.3) is 0 Å². The lowest BCUT2D eigenvalue weighted by molar-refractivity contribution is -0.119. The molecule has 0 aromatic heterocycles. The van der Waals surface area contributed by atoms with Crippen LogP contribution >= 0.6 is 0 Å². The van der Waals surface area contributed by atoms with Gasteiger partial charge in [0.1, 0.15) is 11.5 Å². The Morgan fingerprint density at radius 3 is 2.59 bits per heavy atom. The molecule has 0 radical (unpaired) electrons. The van der Waals surface area contributed by atoms with E-state index in [1.54, 1.807) is 32.4 Å². The highest BCUT2D eigenvalue weighted by Crippen LogP contribution is 2.29. The van der Waals surface area contributed by atoms with Gasteiger partial charge in [0.15, 0.2) is 0 Å². The Hall–Kier alpha value is -1.71. The van der Waals surface area contributed by atoms with E-state index < -0.39 is 0 Å². The molecule has 0 saturated carbocycles. The first-order chi connectivity index (χ1) is 8.12. The van der Waals surface area contributed by atoms with Gasteiger partial charge in [-0.3, -0.25) is 4.79 Å². The first kappa shape index (κ1) is 13.4. The molecule has 1 rings (SSSR count). The largest absolute Gasteiger partial charge is 0.497 e. The summed E-state index contributed by atoms with van der Waals surface area (Å²) < 4.78 is 10.3. The van der Waals surface area contributed by atoms with Crippen LogP contribution < -0.4 is 14.8 Å². The van der Waals surface area contributed by atoms with Gasteiger partial charge in [0, 0.05) is 12.0 Å². The number of rotatable bonds is 5. The summed E-state index contributed by atoms with van der Waals surface area (Å²) in [6, 6.07) is 5.30. The van der Waals surface area contributed by atoms with Crippen molar-refractivity contribution in [3.05, 3.63) is 18.2 Å². The van der Waals surface area contributed by atoms with Crippen molar-refractivity contribution in [3.8, 4) is 11.5 Å². The quantitative estimate of drug-likeness (QED) is 0.856. The zero-order valence-corrected chi connectivity index (χ0v) is 10.7. The van der Waals surface area contributed by atoms with Crippen molar-refractivity contribution >= 4 is 11.6 Å². The fourth-order valence-corrected chi connectivity index (χ4v) is 1.34. The molecule has 1 aromatic rings. The van der Waals surface area contributed by atoms with Crippen LogP contribution in [-0.4, -0.2) is 20.1 Å². The van der Waals surface area contributed by atoms with E-state index in [2.05, 4.69) is 5.32 Å². The standard InChI is InChI=1S/C13H19NO3/c1-5-9(2)13(15)14-11-7-6-10(16-3)8-12(11)17-4/h6-9H,5H2,1-4H3,(H,14,15)/t9-/m1/s1. The second-order valence-corrected chi connectivity index (χ2v) is 3.86. The van der Waals surface area contributed by atoms with E-state index >= 15 is 0 Å². The molecule has 0 aliphatic rings. The van der Waals surface area contributed by atoms with E-state index in [4.69, 9.17) is 9.47 Å². The van der Waals surface area contributed by atoms with Gasteiger partial charge in [0.25, 0.3) is 0 Å². The molecule has 1 N–H and O–H groups in total. The molecular weight excluding hydrogens is 218 g/mol. The number of hydrogen-bond donors (Lipinski definition) is 1. The van der Waals surface area contributed by atoms with E-state index in [1.807, 2.05) is 13.8 Å². The number of nitrogens with one attached hydrogen (secondary N) is 1. The molecule has 4 nitrogen and oxygen atoms in total. The predicted octanol–water partition coefficient (Wildman–Crippen LogP) is 2.69. The lowest BCUT2D eigenvalue weighted by Crippen LogP contribution is -2.20. The van der Waals surface area contributed by atoms with Crippen LogP contribution in [0, 0.1) is 5.92 Å². The Kier molecular flexibility index (Phi) is 4.82. The summed E-state index contributed by atoms with van der Waals surface area (Å²) in [5.74, 6) is 1.28. The maximum atomic E-state index is 11.8. The van der Waals surface area contributed by atoms with E-state index in [1.165, 1.54) is 0 Å². The Morgan fingerprint density at radius 1 is 1.35 bits per heavy atom. The van der Waals surface area contributed by atoms with Crippen LogP contribution in [0.4, 0.5) is 5.69 Å². The van der Waals surface area contributed by atoms with Gasteiger partial charge in [-0.05, 0) is 18.6 Å². The smallest absolute Gasteiger partial charge is 0.227 e. The third kappa shape index (κ3) is 3.37. The average Bonchev–Trinajstić information content (AvgIpc) is 2.37. The molecular formula is C13H19NO3. The van der Waals surface area contributed by atoms with Crippen LogP contribution in [0.2, 0.25) is 0 Å². The number of benzene rings is 1. The lowest BCUT2D eigenvalue weighted by Gasteiger charge is -2.13. The van der Waals surface area contributed by atoms with Crippen molar-refractivity contribution in [3.63, 3.8) is 0 Å². The predicted molar refractivity (Wildman–Crippen MR) is 67.6 cm³/mol. The van der Waals surface area contributed by atoms with Gasteiger partial charge in [-0.2, -0.15) is 0 Å². The summed E-state index contributed by atoms with van der Waals surface area (Å²) in [7, 11) is 3.15. The molecule has 4 heteroatoms. The van der Waals surface area contributed by atoms with E-state index in [0.717, 1.165) is 6.42 Å². The molecule has 0 aliphatic heterocycles. The highest BCUT2D eigenvalue weighted by Gasteiger charge is 2.13. The van der Waals surface area contributed by atoms with Gasteiger partial charge in [-0.1, -0.05) is 13.8 Å². The first-order valence-corrected chi connectivity index (χ1v) is 5.65. The van der Waals surface area contributed by atoms with Gasteiger partial charge in [0.2, 0.25) is 5.91 Å². The number of anilines is 1. The van der Waals surface area contributed by atoms with E-state index in [-0.39, 0.29) is 11.8 Å². The molecule has 0 spiro atoms. The molecule has 1 atom stereocenters. The van der Waals surface area contributed by atoms with Crippen LogP contribution in [0.1, 0.15) is 20.3 Å². The summed E-state index contributed by atoms with van der Waals surface area (Å²) >= 11 is 0. The van der Waals surface area contributed by atoms with Crippen LogP contribution in [0.5, 0.6) is 11.5 Å². The minimum absolute atomic E-state index is 0.00373. The average molecular weight is 237 g/mol. The summed E-state index contributed by atoms with van der Waals surface area (Å²) in [6.45, 7) is 3.88. The van der Waals surface area contributed by atoms with E-state index in [9.17, 15) is 4.79 Å². The molecule has 0 aliphatic carbocycles. The molecule has 0 saturated heterocycles. The van der Waals surface area contributed by atoms with Gasteiger partial charge < -0.3 is 14.8 Å². The zero-order valence-electron chi connectivity index (χ0n) is 10.7. The second kappa shape index (κ2) is 6.13. The normalized spacial score (nSPS) is 11.8. The van der Waals surface area contributed by atoms with E-state index in [0.29, 0.717) is 17.2 Å². The zero-order chi connectivity index (χ0) is 12.8. The highest BCUT2D eigenvalue weighted by molar-refractivity contribution is 5.93. The van der Waals surface area contributed by atoms with Crippen molar-refractivity contribution in [2.24, 2.45) is 5.92 Å². The summed E-state index contributed by atoms with van der Waals surface area (Å²) in [6.07, 6.45) is 0.810. The Balaban J connectivity index is 2.87. The molecule has 17 heavy (non-hydrogen) atoms. The number of amides is 1. The van der Waals surface area contributed by atoms with Crippen molar-refractivity contribution < 1.29 is 14.3 Å². The molecule has 1 aromatic carbocycles. The number of ether oxygens (including phenoxy) is 2.